The summed E-state index contributed by atoms with van der Waals surface area (Å²) in [6.07, 6.45) is 1.66. The number of benzene rings is 3. The lowest BCUT2D eigenvalue weighted by molar-refractivity contribution is -0.384. The SMILES string of the molecule is O=C1SC(=Cc2ccc(OCc3ccc(Cl)cc3)cc2)C(=O)N1Cc1ccc([N+](=O)[O-])cc1. The van der Waals surface area contributed by atoms with Gasteiger partial charge in [0.15, 0.2) is 0 Å². The van der Waals surface area contributed by atoms with Gasteiger partial charge >= 0.3 is 0 Å². The summed E-state index contributed by atoms with van der Waals surface area (Å²) in [5, 5.41) is 11.1. The van der Waals surface area contributed by atoms with E-state index in [1.807, 2.05) is 24.3 Å². The van der Waals surface area contributed by atoms with Crippen molar-refractivity contribution in [3.05, 3.63) is 110 Å². The molecule has 0 bridgehead atoms. The topological polar surface area (TPSA) is 89.8 Å². The molecule has 166 valence electrons. The Labute approximate surface area is 198 Å². The number of nitro groups is 1. The third-order valence-electron chi connectivity index (χ3n) is 4.86. The second-order valence-electron chi connectivity index (χ2n) is 7.18. The summed E-state index contributed by atoms with van der Waals surface area (Å²) in [4.78, 5) is 36.8. The number of halogens is 1. The molecule has 0 unspecified atom stereocenters. The number of non-ortho nitro benzene ring substituents is 1. The third kappa shape index (κ3) is 5.60. The summed E-state index contributed by atoms with van der Waals surface area (Å²) in [6.45, 7) is 0.454. The fourth-order valence-electron chi connectivity index (χ4n) is 3.10. The van der Waals surface area contributed by atoms with Gasteiger partial charge in [-0.05, 0) is 58.8 Å². The largest absolute Gasteiger partial charge is 0.489 e. The molecule has 0 radical (unpaired) electrons. The molecule has 4 rings (SSSR count). The lowest BCUT2D eigenvalue weighted by Crippen LogP contribution is -2.27. The molecular weight excluding hydrogens is 464 g/mol. The number of rotatable bonds is 7. The first kappa shape index (κ1) is 22.6. The molecule has 7 nitrogen and oxygen atoms in total. The third-order valence-corrected chi connectivity index (χ3v) is 6.02. The van der Waals surface area contributed by atoms with Gasteiger partial charge in [0.1, 0.15) is 12.4 Å². The number of hydrogen-bond acceptors (Lipinski definition) is 6. The fourth-order valence-corrected chi connectivity index (χ4v) is 4.07. The molecule has 0 saturated carbocycles. The van der Waals surface area contributed by atoms with E-state index in [0.29, 0.717) is 27.8 Å². The van der Waals surface area contributed by atoms with Gasteiger partial charge in [0.05, 0.1) is 16.4 Å². The van der Waals surface area contributed by atoms with Crippen molar-refractivity contribution in [3.63, 3.8) is 0 Å². The molecule has 9 heteroatoms. The average molecular weight is 481 g/mol. The second kappa shape index (κ2) is 9.89. The first-order chi connectivity index (χ1) is 15.9. The number of carbonyl (C=O) groups excluding carboxylic acids is 2. The Morgan fingerprint density at radius 1 is 0.939 bits per heavy atom. The van der Waals surface area contributed by atoms with Crippen LogP contribution in [0.5, 0.6) is 5.75 Å². The van der Waals surface area contributed by atoms with Crippen LogP contribution in [0.4, 0.5) is 10.5 Å². The second-order valence-corrected chi connectivity index (χ2v) is 8.61. The van der Waals surface area contributed by atoms with E-state index in [0.717, 1.165) is 27.8 Å². The van der Waals surface area contributed by atoms with Crippen molar-refractivity contribution in [2.45, 2.75) is 13.2 Å². The Balaban J connectivity index is 1.39. The van der Waals surface area contributed by atoms with E-state index in [1.165, 1.54) is 24.3 Å². The van der Waals surface area contributed by atoms with Crippen LogP contribution in [0.2, 0.25) is 5.02 Å². The number of nitro benzene ring substituents is 1. The van der Waals surface area contributed by atoms with Crippen LogP contribution in [-0.2, 0) is 17.9 Å². The summed E-state index contributed by atoms with van der Waals surface area (Å²) >= 11 is 6.75. The van der Waals surface area contributed by atoms with E-state index in [1.54, 1.807) is 30.3 Å². The van der Waals surface area contributed by atoms with Gasteiger partial charge in [-0.2, -0.15) is 0 Å². The molecule has 33 heavy (non-hydrogen) atoms. The minimum Gasteiger partial charge on any atom is -0.489 e. The molecule has 1 saturated heterocycles. The molecule has 3 aromatic carbocycles. The number of carbonyl (C=O) groups is 2. The van der Waals surface area contributed by atoms with Crippen LogP contribution >= 0.6 is 23.4 Å². The molecular formula is C24H17ClN2O5S. The van der Waals surface area contributed by atoms with Crippen molar-refractivity contribution in [1.82, 2.24) is 4.90 Å². The van der Waals surface area contributed by atoms with Gasteiger partial charge in [-0.15, -0.1) is 0 Å². The maximum absolute atomic E-state index is 12.7. The highest BCUT2D eigenvalue weighted by molar-refractivity contribution is 8.18. The fraction of sp³-hybridized carbons (Fsp3) is 0.0833. The van der Waals surface area contributed by atoms with Gasteiger partial charge in [0.2, 0.25) is 0 Å². The van der Waals surface area contributed by atoms with E-state index in [2.05, 4.69) is 0 Å². The van der Waals surface area contributed by atoms with Crippen LogP contribution in [0.25, 0.3) is 6.08 Å². The van der Waals surface area contributed by atoms with E-state index >= 15 is 0 Å². The Hall–Kier alpha value is -3.62. The minimum absolute atomic E-state index is 0.0478. The molecule has 1 aliphatic heterocycles. The number of amides is 2. The highest BCUT2D eigenvalue weighted by Crippen LogP contribution is 2.33. The maximum Gasteiger partial charge on any atom is 0.293 e. The van der Waals surface area contributed by atoms with Gasteiger partial charge in [-0.25, -0.2) is 0 Å². The number of thioether (sulfide) groups is 1. The van der Waals surface area contributed by atoms with E-state index in [4.69, 9.17) is 16.3 Å². The van der Waals surface area contributed by atoms with Gasteiger partial charge < -0.3 is 4.74 Å². The maximum atomic E-state index is 12.7. The Morgan fingerprint density at radius 2 is 1.58 bits per heavy atom. The van der Waals surface area contributed by atoms with E-state index in [-0.39, 0.29) is 17.5 Å². The van der Waals surface area contributed by atoms with Crippen molar-refractivity contribution in [2.24, 2.45) is 0 Å². The minimum atomic E-state index is -0.499. The van der Waals surface area contributed by atoms with Crippen LogP contribution in [0, 0.1) is 10.1 Å². The predicted molar refractivity (Wildman–Crippen MR) is 127 cm³/mol. The van der Waals surface area contributed by atoms with Crippen LogP contribution in [0.15, 0.2) is 77.7 Å². The zero-order valence-electron chi connectivity index (χ0n) is 17.1. The van der Waals surface area contributed by atoms with Crippen LogP contribution in [-0.4, -0.2) is 21.0 Å². The van der Waals surface area contributed by atoms with E-state index in [9.17, 15) is 19.7 Å². The molecule has 0 N–H and O–H groups in total. The smallest absolute Gasteiger partial charge is 0.293 e. The summed E-state index contributed by atoms with van der Waals surface area (Å²) in [7, 11) is 0. The van der Waals surface area contributed by atoms with Crippen LogP contribution in [0.3, 0.4) is 0 Å². The molecule has 3 aromatic rings. The van der Waals surface area contributed by atoms with Crippen LogP contribution < -0.4 is 4.74 Å². The van der Waals surface area contributed by atoms with Gasteiger partial charge in [0, 0.05) is 17.2 Å². The highest BCUT2D eigenvalue weighted by atomic mass is 35.5. The first-order valence-corrected chi connectivity index (χ1v) is 11.0. The van der Waals surface area contributed by atoms with Gasteiger partial charge in [-0.1, -0.05) is 48.0 Å². The summed E-state index contributed by atoms with van der Waals surface area (Å²) in [5.41, 5.74) is 2.33. The van der Waals surface area contributed by atoms with Crippen LogP contribution in [0.1, 0.15) is 16.7 Å². The molecule has 0 aliphatic carbocycles. The molecule has 1 aliphatic rings. The lowest BCUT2D eigenvalue weighted by atomic mass is 10.2. The van der Waals surface area contributed by atoms with Gasteiger partial charge in [0.25, 0.3) is 16.8 Å². The molecule has 0 aromatic heterocycles. The molecule has 1 fully saturated rings. The normalized spacial score (nSPS) is 14.7. The van der Waals surface area contributed by atoms with Crippen molar-refractivity contribution in [2.75, 3.05) is 0 Å². The first-order valence-electron chi connectivity index (χ1n) is 9.85. The number of imide groups is 1. The average Bonchev–Trinajstić information content (AvgIpc) is 3.07. The number of hydrogen-bond donors (Lipinski definition) is 0. The summed E-state index contributed by atoms with van der Waals surface area (Å²) in [6, 6.07) is 20.4. The monoisotopic (exact) mass is 480 g/mol. The zero-order valence-corrected chi connectivity index (χ0v) is 18.7. The lowest BCUT2D eigenvalue weighted by Gasteiger charge is -2.12. The molecule has 1 heterocycles. The summed E-state index contributed by atoms with van der Waals surface area (Å²) < 4.78 is 5.76. The van der Waals surface area contributed by atoms with Crippen molar-refractivity contribution < 1.29 is 19.2 Å². The zero-order chi connectivity index (χ0) is 23.4. The van der Waals surface area contributed by atoms with Gasteiger partial charge in [-0.3, -0.25) is 24.6 Å². The Bertz CT molecular complexity index is 1230. The van der Waals surface area contributed by atoms with E-state index < -0.39 is 10.8 Å². The standard InChI is InChI=1S/C24H17ClN2O5S/c25-19-7-1-18(2-8-19)15-32-21-11-5-16(6-12-21)13-22-23(28)26(24(29)33-22)14-17-3-9-20(10-4-17)27(30)31/h1-13H,14-15H2. The highest BCUT2D eigenvalue weighted by Gasteiger charge is 2.35. The van der Waals surface area contributed by atoms with Crippen molar-refractivity contribution >= 4 is 46.3 Å². The predicted octanol–water partition coefficient (Wildman–Crippen LogP) is 6.06. The molecule has 2 amide bonds. The quantitative estimate of drug-likeness (QED) is 0.232. The Kier molecular flexibility index (Phi) is 6.76. The number of nitrogens with zero attached hydrogens (tertiary/aromatic N) is 2. The number of ether oxygens (including phenoxy) is 1. The Morgan fingerprint density at radius 3 is 2.21 bits per heavy atom. The van der Waals surface area contributed by atoms with Crippen molar-refractivity contribution in [1.29, 1.82) is 0 Å². The molecule has 0 spiro atoms. The van der Waals surface area contributed by atoms with Crippen molar-refractivity contribution in [3.8, 4) is 5.75 Å². The summed E-state index contributed by atoms with van der Waals surface area (Å²) in [5.74, 6) is 0.278. The molecule has 0 atom stereocenters.